The van der Waals surface area contributed by atoms with E-state index in [1.807, 2.05) is 35.7 Å². The molecule has 1 aliphatic rings. The van der Waals surface area contributed by atoms with Crippen molar-refractivity contribution < 1.29 is 19.1 Å². The number of anilines is 1. The smallest absolute Gasteiger partial charge is 0.269 e. The third-order valence-corrected chi connectivity index (χ3v) is 5.50. The van der Waals surface area contributed by atoms with Crippen molar-refractivity contribution in [1.29, 1.82) is 0 Å². The van der Waals surface area contributed by atoms with Crippen molar-refractivity contribution in [2.75, 3.05) is 31.2 Å². The van der Waals surface area contributed by atoms with Gasteiger partial charge in [0, 0.05) is 24.0 Å². The van der Waals surface area contributed by atoms with E-state index in [1.54, 1.807) is 24.3 Å². The summed E-state index contributed by atoms with van der Waals surface area (Å²) in [7, 11) is 0. The van der Waals surface area contributed by atoms with Crippen LogP contribution in [0.15, 0.2) is 60.0 Å². The molecule has 0 aliphatic carbocycles. The molecule has 2 aromatic carbocycles. The molecule has 0 unspecified atom stereocenters. The SMILES string of the molecule is O=C(Cc1csc(N2CCOCC2)n1)NNC(=O)c1cccc(Oc2ccccc2)c1. The number of benzene rings is 2. The minimum absolute atomic E-state index is 0.0816. The summed E-state index contributed by atoms with van der Waals surface area (Å²) >= 11 is 1.50. The van der Waals surface area contributed by atoms with Gasteiger partial charge in [-0.1, -0.05) is 24.3 Å². The van der Waals surface area contributed by atoms with Crippen LogP contribution in [0.2, 0.25) is 0 Å². The summed E-state index contributed by atoms with van der Waals surface area (Å²) < 4.78 is 11.1. The molecule has 3 aromatic rings. The number of ether oxygens (including phenoxy) is 2. The number of nitrogens with one attached hydrogen (secondary N) is 2. The molecule has 2 N–H and O–H groups in total. The highest BCUT2D eigenvalue weighted by Gasteiger charge is 2.16. The summed E-state index contributed by atoms with van der Waals surface area (Å²) in [5, 5.41) is 2.74. The van der Waals surface area contributed by atoms with E-state index in [2.05, 4.69) is 20.7 Å². The molecule has 8 nitrogen and oxygen atoms in total. The zero-order valence-corrected chi connectivity index (χ0v) is 17.6. The number of hydrogen-bond acceptors (Lipinski definition) is 7. The maximum Gasteiger partial charge on any atom is 0.269 e. The molecule has 1 saturated heterocycles. The molecule has 9 heteroatoms. The van der Waals surface area contributed by atoms with Crippen molar-refractivity contribution in [2.45, 2.75) is 6.42 Å². The minimum atomic E-state index is -0.431. The first-order valence-electron chi connectivity index (χ1n) is 9.86. The monoisotopic (exact) mass is 438 g/mol. The first-order chi connectivity index (χ1) is 15.2. The van der Waals surface area contributed by atoms with Crippen LogP contribution in [-0.2, 0) is 16.0 Å². The van der Waals surface area contributed by atoms with Gasteiger partial charge >= 0.3 is 0 Å². The van der Waals surface area contributed by atoms with E-state index in [4.69, 9.17) is 9.47 Å². The third kappa shape index (κ3) is 5.80. The normalized spacial score (nSPS) is 13.5. The van der Waals surface area contributed by atoms with Crippen molar-refractivity contribution in [3.63, 3.8) is 0 Å². The van der Waals surface area contributed by atoms with Gasteiger partial charge in [-0.15, -0.1) is 11.3 Å². The molecule has 0 saturated carbocycles. The molecule has 0 radical (unpaired) electrons. The Balaban J connectivity index is 1.28. The molecular formula is C22H22N4O4S. The minimum Gasteiger partial charge on any atom is -0.457 e. The first kappa shape index (κ1) is 20.8. The zero-order valence-electron chi connectivity index (χ0n) is 16.7. The van der Waals surface area contributed by atoms with E-state index in [0.717, 1.165) is 18.2 Å². The molecule has 0 bridgehead atoms. The van der Waals surface area contributed by atoms with Crippen molar-refractivity contribution in [2.24, 2.45) is 0 Å². The van der Waals surface area contributed by atoms with Gasteiger partial charge in [-0.05, 0) is 30.3 Å². The topological polar surface area (TPSA) is 92.8 Å². The molecule has 160 valence electrons. The van der Waals surface area contributed by atoms with Gasteiger partial charge < -0.3 is 14.4 Å². The molecule has 0 spiro atoms. The highest BCUT2D eigenvalue weighted by atomic mass is 32.1. The molecule has 1 aromatic heterocycles. The van der Waals surface area contributed by atoms with Gasteiger partial charge in [-0.3, -0.25) is 20.4 Å². The number of amides is 2. The summed E-state index contributed by atoms with van der Waals surface area (Å²) in [4.78, 5) is 31.3. The number of rotatable bonds is 6. The average molecular weight is 439 g/mol. The highest BCUT2D eigenvalue weighted by molar-refractivity contribution is 7.13. The Labute approximate surface area is 183 Å². The fourth-order valence-electron chi connectivity index (χ4n) is 3.01. The van der Waals surface area contributed by atoms with Gasteiger partial charge in [0.15, 0.2) is 5.13 Å². The number of thiazole rings is 1. The van der Waals surface area contributed by atoms with E-state index >= 15 is 0 Å². The van der Waals surface area contributed by atoms with Gasteiger partial charge in [0.2, 0.25) is 5.91 Å². The van der Waals surface area contributed by atoms with Gasteiger partial charge in [0.25, 0.3) is 5.91 Å². The van der Waals surface area contributed by atoms with Gasteiger partial charge in [-0.2, -0.15) is 0 Å². The second-order valence-electron chi connectivity index (χ2n) is 6.84. The number of hydrazine groups is 1. The maximum atomic E-state index is 12.4. The van der Waals surface area contributed by atoms with Crippen LogP contribution in [0.1, 0.15) is 16.1 Å². The number of carbonyl (C=O) groups is 2. The number of nitrogens with zero attached hydrogens (tertiary/aromatic N) is 2. The van der Waals surface area contributed by atoms with Crippen molar-refractivity contribution in [1.82, 2.24) is 15.8 Å². The van der Waals surface area contributed by atoms with Crippen LogP contribution in [0.3, 0.4) is 0 Å². The van der Waals surface area contributed by atoms with E-state index in [0.29, 0.717) is 36.0 Å². The summed E-state index contributed by atoms with van der Waals surface area (Å²) in [6.07, 6.45) is 0.0816. The number of carbonyl (C=O) groups excluding carboxylic acids is 2. The molecule has 1 aliphatic heterocycles. The second kappa shape index (κ2) is 10.1. The van der Waals surface area contributed by atoms with Crippen LogP contribution in [0, 0.1) is 0 Å². The van der Waals surface area contributed by atoms with Crippen molar-refractivity contribution in [3.8, 4) is 11.5 Å². The Morgan fingerprint density at radius 2 is 1.81 bits per heavy atom. The third-order valence-electron chi connectivity index (χ3n) is 4.55. The maximum absolute atomic E-state index is 12.4. The molecule has 31 heavy (non-hydrogen) atoms. The summed E-state index contributed by atoms with van der Waals surface area (Å²) in [6, 6.07) is 16.0. The molecular weight excluding hydrogens is 416 g/mol. The Morgan fingerprint density at radius 1 is 1.03 bits per heavy atom. The fraction of sp³-hybridized carbons (Fsp3) is 0.227. The summed E-state index contributed by atoms with van der Waals surface area (Å²) in [6.45, 7) is 2.95. The van der Waals surface area contributed by atoms with E-state index in [1.165, 1.54) is 11.3 Å². The van der Waals surface area contributed by atoms with E-state index < -0.39 is 5.91 Å². The Bertz CT molecular complexity index is 1030. The Kier molecular flexibility index (Phi) is 6.75. The van der Waals surface area contributed by atoms with Crippen LogP contribution in [0.25, 0.3) is 0 Å². The van der Waals surface area contributed by atoms with Crippen LogP contribution in [0.5, 0.6) is 11.5 Å². The number of hydrogen-bond donors (Lipinski definition) is 2. The van der Waals surface area contributed by atoms with E-state index in [9.17, 15) is 9.59 Å². The van der Waals surface area contributed by atoms with Gasteiger partial charge in [0.1, 0.15) is 11.5 Å². The standard InChI is InChI=1S/C22H22N4O4S/c27-20(14-17-15-31-22(23-17)26-9-11-29-12-10-26)24-25-21(28)16-5-4-8-19(13-16)30-18-6-2-1-3-7-18/h1-8,13,15H,9-12,14H2,(H,24,27)(H,25,28). The number of para-hydroxylation sites is 1. The first-order valence-corrected chi connectivity index (χ1v) is 10.7. The van der Waals surface area contributed by atoms with Crippen LogP contribution >= 0.6 is 11.3 Å². The fourth-order valence-corrected chi connectivity index (χ4v) is 3.89. The molecule has 1 fully saturated rings. The second-order valence-corrected chi connectivity index (χ2v) is 7.68. The number of aromatic nitrogens is 1. The molecule has 2 heterocycles. The lowest BCUT2D eigenvalue weighted by atomic mass is 10.2. The lowest BCUT2D eigenvalue weighted by Crippen LogP contribution is -2.42. The van der Waals surface area contributed by atoms with Gasteiger partial charge in [0.05, 0.1) is 25.3 Å². The largest absolute Gasteiger partial charge is 0.457 e. The summed E-state index contributed by atoms with van der Waals surface area (Å²) in [5.41, 5.74) is 5.91. The summed E-state index contributed by atoms with van der Waals surface area (Å²) in [5.74, 6) is 0.430. The van der Waals surface area contributed by atoms with Crippen LogP contribution in [0.4, 0.5) is 5.13 Å². The Hall–Kier alpha value is -3.43. The molecule has 4 rings (SSSR count). The highest BCUT2D eigenvalue weighted by Crippen LogP contribution is 2.22. The van der Waals surface area contributed by atoms with Crippen molar-refractivity contribution in [3.05, 3.63) is 71.2 Å². The van der Waals surface area contributed by atoms with E-state index in [-0.39, 0.29) is 12.3 Å². The zero-order chi connectivity index (χ0) is 21.5. The predicted octanol–water partition coefficient (Wildman–Crippen LogP) is 2.78. The lowest BCUT2D eigenvalue weighted by molar-refractivity contribution is -0.121. The average Bonchev–Trinajstić information content (AvgIpc) is 3.27. The van der Waals surface area contributed by atoms with Crippen LogP contribution < -0.4 is 20.5 Å². The lowest BCUT2D eigenvalue weighted by Gasteiger charge is -2.26. The predicted molar refractivity (Wildman–Crippen MR) is 117 cm³/mol. The molecule has 0 atom stereocenters. The van der Waals surface area contributed by atoms with Crippen molar-refractivity contribution >= 4 is 28.3 Å². The quantitative estimate of drug-likeness (QED) is 0.575. The molecule has 2 amide bonds. The number of morpholine rings is 1. The van der Waals surface area contributed by atoms with Crippen LogP contribution in [-0.4, -0.2) is 43.1 Å². The van der Waals surface area contributed by atoms with Gasteiger partial charge in [-0.25, -0.2) is 4.98 Å². The Morgan fingerprint density at radius 3 is 2.61 bits per heavy atom.